The van der Waals surface area contributed by atoms with Crippen LogP contribution in [0.1, 0.15) is 12.6 Å². The number of phosphoric acid groups is 1. The average molecular weight is 532 g/mol. The summed E-state index contributed by atoms with van der Waals surface area (Å²) >= 11 is 0. The van der Waals surface area contributed by atoms with Gasteiger partial charge in [-0.1, -0.05) is 0 Å². The average Bonchev–Trinajstić information content (AvgIpc) is 3.27. The number of fused-ring (bicyclic) bond motifs is 1. The maximum absolute atomic E-state index is 12.0. The van der Waals surface area contributed by atoms with E-state index in [0.717, 1.165) is 0 Å². The van der Waals surface area contributed by atoms with Gasteiger partial charge in [0.25, 0.3) is 0 Å². The van der Waals surface area contributed by atoms with Gasteiger partial charge in [0.15, 0.2) is 0 Å². The van der Waals surface area contributed by atoms with Gasteiger partial charge >= 0.3 is 185 Å². The Bertz CT molecular complexity index is 1130. The van der Waals surface area contributed by atoms with Crippen LogP contribution in [0.4, 0.5) is 5.95 Å². The number of nitrogen functional groups attached to an aromatic ring is 1. The van der Waals surface area contributed by atoms with Crippen LogP contribution in [-0.4, -0.2) is 64.6 Å². The first-order valence-corrected chi connectivity index (χ1v) is 12.8. The molecule has 19 nitrogen and oxygen atoms in total. The van der Waals surface area contributed by atoms with Crippen molar-refractivity contribution in [1.29, 1.82) is 0 Å². The second-order valence-corrected chi connectivity index (χ2v) is 10.4. The molecule has 0 aromatic carbocycles. The fraction of sp³-hybridized carbons (Fsp3) is 0.545. The van der Waals surface area contributed by atoms with Crippen molar-refractivity contribution in [3.63, 3.8) is 0 Å². The van der Waals surface area contributed by atoms with Crippen LogP contribution in [0.25, 0.3) is 21.6 Å². The summed E-state index contributed by atoms with van der Waals surface area (Å²) in [6, 6.07) is 0. The number of nitrogens with two attached hydrogens (primary N) is 1. The number of hydrogen-bond donors (Lipinski definition) is 6. The normalized spacial score (nSPS) is 22.2. The number of nitrogens with zero attached hydrogens (tertiary/aromatic N) is 6. The SMILES string of the molecule is [N-]=[N+]=NCOC1C[C@H](n2cnc3c(=O)[nH]c(N)nc32)O[C@@H]1COPO[PH](O)(O)OP(=O)(O)O. The summed E-state index contributed by atoms with van der Waals surface area (Å²) in [7, 11) is -11.4. The molecule has 0 aliphatic carbocycles. The zero-order valence-electron chi connectivity index (χ0n) is 16.3. The van der Waals surface area contributed by atoms with Gasteiger partial charge in [0, 0.05) is 0 Å². The van der Waals surface area contributed by atoms with E-state index in [2.05, 4.69) is 33.6 Å². The summed E-state index contributed by atoms with van der Waals surface area (Å²) in [5.41, 5.74) is 13.7. The van der Waals surface area contributed by atoms with Crippen LogP contribution in [0, 0.1) is 0 Å². The Balaban J connectivity index is 1.67. The molecule has 1 aliphatic heterocycles. The molecule has 1 fully saturated rings. The summed E-state index contributed by atoms with van der Waals surface area (Å²) in [5.74, 6) is -0.125. The van der Waals surface area contributed by atoms with Gasteiger partial charge in [-0.25, -0.2) is 0 Å². The molecule has 3 rings (SSSR count). The second kappa shape index (κ2) is 10.6. The summed E-state index contributed by atoms with van der Waals surface area (Å²) in [6.07, 6.45) is -0.697. The predicted octanol–water partition coefficient (Wildman–Crippen LogP) is -0.312. The number of H-pyrrole nitrogens is 1. The molecule has 0 amide bonds. The van der Waals surface area contributed by atoms with E-state index in [1.807, 2.05) is 0 Å². The van der Waals surface area contributed by atoms with Crippen molar-refractivity contribution in [1.82, 2.24) is 19.5 Å². The third-order valence-corrected chi connectivity index (χ3v) is 7.65. The quantitative estimate of drug-likeness (QED) is 0.0712. The van der Waals surface area contributed by atoms with Crippen molar-refractivity contribution in [3.05, 3.63) is 27.1 Å². The van der Waals surface area contributed by atoms with E-state index in [-0.39, 0.29) is 36.9 Å². The van der Waals surface area contributed by atoms with E-state index >= 15 is 0 Å². The summed E-state index contributed by atoms with van der Waals surface area (Å²) < 4.78 is 36.9. The third kappa shape index (κ3) is 7.09. The molecule has 2 aromatic heterocycles. The summed E-state index contributed by atoms with van der Waals surface area (Å²) in [6.45, 7) is -0.555. The molecule has 1 aliphatic rings. The molecule has 0 bridgehead atoms. The molecule has 0 saturated carbocycles. The number of anilines is 1. The van der Waals surface area contributed by atoms with Gasteiger partial charge in [0.05, 0.1) is 0 Å². The van der Waals surface area contributed by atoms with Crippen molar-refractivity contribution in [2.75, 3.05) is 19.1 Å². The number of aromatic amines is 1. The van der Waals surface area contributed by atoms with Crippen LogP contribution in [0.15, 0.2) is 16.2 Å². The Morgan fingerprint density at radius 1 is 1.52 bits per heavy atom. The monoisotopic (exact) mass is 532 g/mol. The van der Waals surface area contributed by atoms with E-state index in [4.69, 9.17) is 35.0 Å². The molecule has 7 N–H and O–H groups in total. The number of rotatable bonds is 11. The van der Waals surface area contributed by atoms with Gasteiger partial charge < -0.3 is 0 Å². The van der Waals surface area contributed by atoms with Crippen LogP contribution >= 0.6 is 25.0 Å². The van der Waals surface area contributed by atoms with Crippen LogP contribution in [0.3, 0.4) is 0 Å². The van der Waals surface area contributed by atoms with Crippen molar-refractivity contribution in [3.8, 4) is 0 Å². The van der Waals surface area contributed by atoms with Gasteiger partial charge in [-0.15, -0.1) is 0 Å². The van der Waals surface area contributed by atoms with Crippen LogP contribution < -0.4 is 11.3 Å². The Hall–Kier alpha value is -1.81. The number of ether oxygens (including phenoxy) is 2. The molecule has 2 aromatic rings. The molecule has 3 heterocycles. The number of azide groups is 1. The molecule has 4 atom stereocenters. The minimum atomic E-state index is -5.19. The topological polar surface area (TPSA) is 282 Å². The molecular formula is C11H19N8O11P3. The summed E-state index contributed by atoms with van der Waals surface area (Å²) in [4.78, 5) is 60.9. The van der Waals surface area contributed by atoms with E-state index in [1.165, 1.54) is 10.9 Å². The molecule has 0 radical (unpaired) electrons. The van der Waals surface area contributed by atoms with Gasteiger partial charge in [-0.2, -0.15) is 0 Å². The first-order chi connectivity index (χ1) is 15.5. The predicted molar refractivity (Wildman–Crippen MR) is 111 cm³/mol. The molecule has 2 unspecified atom stereocenters. The van der Waals surface area contributed by atoms with E-state index in [1.54, 1.807) is 0 Å². The first-order valence-electron chi connectivity index (χ1n) is 8.75. The standard InChI is InChI=1S/C11H19N8O11P3/c12-11-16-9-8(10(20)17-11)14-3-19(9)7-1-5(26-4-15-18-13)6(28-7)2-27-31-29-33(24,25)30-32(21,22)23/h3,5-7,24-25,31,33H,1-2,4H2,(H2,21,22,23)(H3,12,16,17,20)/t5?,6-,7-/m1/s1. The van der Waals surface area contributed by atoms with Crippen LogP contribution in [-0.2, 0) is 27.2 Å². The molecule has 33 heavy (non-hydrogen) atoms. The van der Waals surface area contributed by atoms with E-state index < -0.39 is 49.0 Å². The van der Waals surface area contributed by atoms with Gasteiger partial charge in [0.1, 0.15) is 0 Å². The van der Waals surface area contributed by atoms with Gasteiger partial charge in [0.2, 0.25) is 0 Å². The fourth-order valence-electron chi connectivity index (χ4n) is 2.88. The maximum atomic E-state index is 12.0. The Morgan fingerprint density at radius 3 is 2.97 bits per heavy atom. The molecule has 22 heteroatoms. The van der Waals surface area contributed by atoms with E-state index in [0.29, 0.717) is 0 Å². The molecule has 184 valence electrons. The second-order valence-electron chi connectivity index (χ2n) is 6.33. The zero-order valence-corrected chi connectivity index (χ0v) is 19.2. The van der Waals surface area contributed by atoms with Crippen LogP contribution in [0.2, 0.25) is 0 Å². The zero-order chi connectivity index (χ0) is 24.2. The number of hydrogen-bond acceptors (Lipinski definition) is 13. The third-order valence-electron chi connectivity index (χ3n) is 4.07. The van der Waals surface area contributed by atoms with Crippen LogP contribution in [0.5, 0.6) is 0 Å². The number of nitrogens with one attached hydrogen (secondary N) is 1. The van der Waals surface area contributed by atoms with Gasteiger partial charge in [-0.3, -0.25) is 0 Å². The Morgan fingerprint density at radius 2 is 2.27 bits per heavy atom. The molecule has 1 saturated heterocycles. The molecular weight excluding hydrogens is 513 g/mol. The van der Waals surface area contributed by atoms with E-state index in [9.17, 15) is 19.1 Å². The number of imidazole rings is 1. The molecule has 0 spiro atoms. The Kier molecular flexibility index (Phi) is 8.31. The van der Waals surface area contributed by atoms with Crippen molar-refractivity contribution >= 4 is 42.1 Å². The fourth-order valence-corrected chi connectivity index (χ4v) is 5.50. The van der Waals surface area contributed by atoms with Crippen molar-refractivity contribution < 1.29 is 46.8 Å². The van der Waals surface area contributed by atoms with Gasteiger partial charge in [-0.05, 0) is 0 Å². The summed E-state index contributed by atoms with van der Waals surface area (Å²) in [5, 5.41) is 3.29. The van der Waals surface area contributed by atoms with Crippen molar-refractivity contribution in [2.24, 2.45) is 5.11 Å². The number of aromatic nitrogens is 4. The Labute approximate surface area is 185 Å². The minimum absolute atomic E-state index is 0.0335. The first kappa shape index (κ1) is 25.8. The van der Waals surface area contributed by atoms with Crippen molar-refractivity contribution in [2.45, 2.75) is 24.9 Å².